The monoisotopic (exact) mass is 299 g/mol. The third kappa shape index (κ3) is 4.71. The van der Waals surface area contributed by atoms with Crippen LogP contribution >= 0.6 is 0 Å². The summed E-state index contributed by atoms with van der Waals surface area (Å²) in [6, 6.07) is 5.16. The number of carboxylic acid groups (broad SMARTS) is 1. The van der Waals surface area contributed by atoms with Gasteiger partial charge in [-0.25, -0.2) is 9.18 Å². The number of hydrogen-bond donors (Lipinski definition) is 2. The highest BCUT2D eigenvalue weighted by Gasteiger charge is 2.36. The number of carbonyl (C=O) groups excluding carboxylic acids is 1. The fraction of sp³-hybridized carbons (Fsp3) is 0.429. The molecular formula is C14H18FNO5. The largest absolute Gasteiger partial charge is 0.481 e. The maximum atomic E-state index is 12.8. The van der Waals surface area contributed by atoms with E-state index in [2.05, 4.69) is 5.32 Å². The maximum Gasteiger partial charge on any atom is 0.331 e. The highest BCUT2D eigenvalue weighted by molar-refractivity contribution is 5.88. The number of methoxy groups -OCH3 is 1. The lowest BCUT2D eigenvalue weighted by molar-refractivity contribution is -0.150. The van der Waals surface area contributed by atoms with Crippen molar-refractivity contribution in [3.63, 3.8) is 0 Å². The van der Waals surface area contributed by atoms with Crippen molar-refractivity contribution in [1.29, 1.82) is 0 Å². The molecular weight excluding hydrogens is 281 g/mol. The Kier molecular flexibility index (Phi) is 5.66. The fourth-order valence-electron chi connectivity index (χ4n) is 1.58. The highest BCUT2D eigenvalue weighted by atomic mass is 19.1. The number of carbonyl (C=O) groups is 2. The maximum absolute atomic E-state index is 12.8. The van der Waals surface area contributed by atoms with Gasteiger partial charge in [0.25, 0.3) is 5.91 Å². The zero-order valence-corrected chi connectivity index (χ0v) is 12.1. The van der Waals surface area contributed by atoms with Crippen LogP contribution in [0.1, 0.15) is 13.8 Å². The number of nitrogens with one attached hydrogen (secondary N) is 1. The van der Waals surface area contributed by atoms with Crippen LogP contribution in [0.3, 0.4) is 0 Å². The van der Waals surface area contributed by atoms with Gasteiger partial charge >= 0.3 is 5.97 Å². The first-order valence-corrected chi connectivity index (χ1v) is 6.25. The van der Waals surface area contributed by atoms with Crippen LogP contribution in [0.4, 0.5) is 4.39 Å². The minimum atomic E-state index is -1.55. The average Bonchev–Trinajstić information content (AvgIpc) is 2.41. The Morgan fingerprint density at radius 3 is 2.43 bits per heavy atom. The molecule has 2 unspecified atom stereocenters. The molecule has 7 heteroatoms. The third-order valence-electron chi connectivity index (χ3n) is 2.80. The molecule has 116 valence electrons. The predicted octanol–water partition coefficient (Wildman–Crippen LogP) is 1.20. The minimum absolute atomic E-state index is 0.183. The number of benzene rings is 1. The van der Waals surface area contributed by atoms with E-state index < -0.39 is 29.3 Å². The Morgan fingerprint density at radius 2 is 1.95 bits per heavy atom. The van der Waals surface area contributed by atoms with Gasteiger partial charge < -0.3 is 19.9 Å². The topological polar surface area (TPSA) is 84.9 Å². The molecule has 0 radical (unpaired) electrons. The molecule has 0 heterocycles. The molecule has 2 atom stereocenters. The lowest BCUT2D eigenvalue weighted by Gasteiger charge is -2.27. The van der Waals surface area contributed by atoms with Gasteiger partial charge in [0, 0.05) is 7.11 Å². The van der Waals surface area contributed by atoms with Gasteiger partial charge in [-0.1, -0.05) is 0 Å². The molecule has 0 spiro atoms. The number of hydrogen-bond acceptors (Lipinski definition) is 4. The molecule has 1 rings (SSSR count). The second-order valence-corrected chi connectivity index (χ2v) is 4.77. The first kappa shape index (κ1) is 16.9. The number of ether oxygens (including phenoxy) is 2. The molecule has 6 nitrogen and oxygen atoms in total. The Labute approximate surface area is 121 Å². The van der Waals surface area contributed by atoms with Crippen molar-refractivity contribution >= 4 is 11.9 Å². The molecule has 0 saturated heterocycles. The van der Waals surface area contributed by atoms with Gasteiger partial charge in [-0.05, 0) is 38.1 Å². The van der Waals surface area contributed by atoms with E-state index in [0.717, 1.165) is 0 Å². The number of rotatable bonds is 7. The molecule has 0 aromatic heterocycles. The van der Waals surface area contributed by atoms with Crippen molar-refractivity contribution in [1.82, 2.24) is 5.32 Å². The standard InChI is InChI=1S/C14H18FNO5/c1-9(21-11-6-4-10(15)5-7-11)12(17)16-14(2,8-20-3)13(18)19/h4-7,9H,8H2,1-3H3,(H,16,17)(H,18,19). The van der Waals surface area contributed by atoms with Gasteiger partial charge in [0.2, 0.25) is 0 Å². The van der Waals surface area contributed by atoms with E-state index in [-0.39, 0.29) is 6.61 Å². The summed E-state index contributed by atoms with van der Waals surface area (Å²) in [5.41, 5.74) is -1.55. The van der Waals surface area contributed by atoms with E-state index in [0.29, 0.717) is 5.75 Å². The summed E-state index contributed by atoms with van der Waals surface area (Å²) < 4.78 is 22.9. The number of amides is 1. The zero-order valence-electron chi connectivity index (χ0n) is 12.1. The van der Waals surface area contributed by atoms with E-state index in [1.54, 1.807) is 0 Å². The Balaban J connectivity index is 2.69. The lowest BCUT2D eigenvalue weighted by atomic mass is 10.0. The molecule has 0 aliphatic rings. The quantitative estimate of drug-likeness (QED) is 0.790. The van der Waals surface area contributed by atoms with Crippen LogP contribution in [0.2, 0.25) is 0 Å². The second kappa shape index (κ2) is 7.03. The summed E-state index contributed by atoms with van der Waals surface area (Å²) in [6.45, 7) is 2.62. The zero-order chi connectivity index (χ0) is 16.0. The van der Waals surface area contributed by atoms with Gasteiger partial charge in [0.05, 0.1) is 6.61 Å². The molecule has 0 bridgehead atoms. The molecule has 1 amide bonds. The highest BCUT2D eigenvalue weighted by Crippen LogP contribution is 2.14. The van der Waals surface area contributed by atoms with Crippen LogP contribution in [-0.4, -0.2) is 42.3 Å². The van der Waals surface area contributed by atoms with Crippen molar-refractivity contribution < 1.29 is 28.6 Å². The summed E-state index contributed by atoms with van der Waals surface area (Å²) in [6.07, 6.45) is -0.939. The van der Waals surface area contributed by atoms with E-state index in [4.69, 9.17) is 14.6 Å². The van der Waals surface area contributed by atoms with E-state index in [1.807, 2.05) is 0 Å². The summed E-state index contributed by atoms with van der Waals surface area (Å²) in [5, 5.41) is 11.5. The van der Waals surface area contributed by atoms with Crippen molar-refractivity contribution in [2.24, 2.45) is 0 Å². The summed E-state index contributed by atoms with van der Waals surface area (Å²) in [5.74, 6) is -1.94. The van der Waals surface area contributed by atoms with Gasteiger partial charge in [-0.15, -0.1) is 0 Å². The molecule has 0 saturated carbocycles. The lowest BCUT2D eigenvalue weighted by Crippen LogP contribution is -2.57. The molecule has 2 N–H and O–H groups in total. The SMILES string of the molecule is COCC(C)(NC(=O)C(C)Oc1ccc(F)cc1)C(=O)O. The van der Waals surface area contributed by atoms with Crippen molar-refractivity contribution in [2.75, 3.05) is 13.7 Å². The van der Waals surface area contributed by atoms with Gasteiger partial charge in [0.1, 0.15) is 11.6 Å². The second-order valence-electron chi connectivity index (χ2n) is 4.77. The van der Waals surface area contributed by atoms with Gasteiger partial charge in [-0.2, -0.15) is 0 Å². The molecule has 1 aromatic rings. The number of carboxylic acids is 1. The van der Waals surface area contributed by atoms with Crippen LogP contribution in [0, 0.1) is 5.82 Å². The van der Waals surface area contributed by atoms with Crippen molar-refractivity contribution in [3.8, 4) is 5.75 Å². The first-order chi connectivity index (χ1) is 9.78. The van der Waals surface area contributed by atoms with Crippen LogP contribution in [0.25, 0.3) is 0 Å². The van der Waals surface area contributed by atoms with Crippen LogP contribution in [0.5, 0.6) is 5.75 Å². The molecule has 0 aliphatic carbocycles. The predicted molar refractivity (Wildman–Crippen MR) is 72.5 cm³/mol. The van der Waals surface area contributed by atoms with Crippen LogP contribution in [-0.2, 0) is 14.3 Å². The first-order valence-electron chi connectivity index (χ1n) is 6.25. The third-order valence-corrected chi connectivity index (χ3v) is 2.80. The summed E-state index contributed by atoms with van der Waals surface area (Å²) in [4.78, 5) is 23.2. The van der Waals surface area contributed by atoms with Gasteiger partial charge in [0.15, 0.2) is 11.6 Å². The molecule has 21 heavy (non-hydrogen) atoms. The van der Waals surface area contributed by atoms with E-state index in [9.17, 15) is 14.0 Å². The van der Waals surface area contributed by atoms with Crippen molar-refractivity contribution in [3.05, 3.63) is 30.1 Å². The Bertz CT molecular complexity index is 505. The van der Waals surface area contributed by atoms with E-state index >= 15 is 0 Å². The smallest absolute Gasteiger partial charge is 0.331 e. The van der Waals surface area contributed by atoms with Gasteiger partial charge in [-0.3, -0.25) is 4.79 Å². The van der Waals surface area contributed by atoms with Crippen molar-refractivity contribution in [2.45, 2.75) is 25.5 Å². The Hall–Kier alpha value is -2.15. The molecule has 0 fully saturated rings. The normalized spacial score (nSPS) is 14.9. The number of halogens is 1. The van der Waals surface area contributed by atoms with E-state index in [1.165, 1.54) is 45.2 Å². The number of aliphatic carboxylic acids is 1. The summed E-state index contributed by atoms with van der Waals surface area (Å²) >= 11 is 0. The van der Waals surface area contributed by atoms with Crippen LogP contribution in [0.15, 0.2) is 24.3 Å². The van der Waals surface area contributed by atoms with Crippen LogP contribution < -0.4 is 10.1 Å². The average molecular weight is 299 g/mol. The minimum Gasteiger partial charge on any atom is -0.481 e. The fourth-order valence-corrected chi connectivity index (χ4v) is 1.58. The molecule has 0 aliphatic heterocycles. The summed E-state index contributed by atoms with van der Waals surface area (Å²) in [7, 11) is 1.34. The Morgan fingerprint density at radius 1 is 1.38 bits per heavy atom. The molecule has 1 aromatic carbocycles.